The molecule has 0 radical (unpaired) electrons. The number of esters is 1. The molecule has 0 amide bonds. The Kier molecular flexibility index (Phi) is 7.99. The molecule has 7 nitrogen and oxygen atoms in total. The fourth-order valence-corrected chi connectivity index (χ4v) is 4.48. The van der Waals surface area contributed by atoms with Crippen molar-refractivity contribution in [2.75, 3.05) is 6.61 Å². The molecule has 3 aromatic rings. The minimum absolute atomic E-state index is 0.0287. The van der Waals surface area contributed by atoms with Crippen LogP contribution in [0.4, 0.5) is 13.2 Å². The zero-order valence-electron chi connectivity index (χ0n) is 22.4. The first-order valence-electron chi connectivity index (χ1n) is 12.0. The summed E-state index contributed by atoms with van der Waals surface area (Å²) in [6.45, 7) is 16.6. The molecule has 3 aromatic heterocycles. The Bertz CT molecular complexity index is 1340. The molecule has 0 N–H and O–H groups in total. The molecule has 37 heavy (non-hydrogen) atoms. The Morgan fingerprint density at radius 2 is 1.84 bits per heavy atom. The van der Waals surface area contributed by atoms with E-state index in [0.717, 1.165) is 15.7 Å². The molecule has 0 saturated carbocycles. The normalized spacial score (nSPS) is 13.3. The van der Waals surface area contributed by atoms with Crippen LogP contribution in [0.5, 0.6) is 0 Å². The molecule has 3 rings (SSSR count). The Morgan fingerprint density at radius 1 is 1.16 bits per heavy atom. The second-order valence-corrected chi connectivity index (χ2v) is 15.2. The minimum Gasteiger partial charge on any atom is -0.463 e. The molecular weight excluding hydrogens is 501 g/mol. The van der Waals surface area contributed by atoms with Gasteiger partial charge in [0.15, 0.2) is 14.0 Å². The molecule has 0 spiro atoms. The second kappa shape index (κ2) is 10.4. The zero-order valence-corrected chi connectivity index (χ0v) is 23.4. The van der Waals surface area contributed by atoms with Crippen molar-refractivity contribution >= 4 is 25.5 Å². The molecule has 0 aliphatic rings. The lowest BCUT2D eigenvalue weighted by Gasteiger charge is -2.36. The van der Waals surface area contributed by atoms with E-state index in [1.807, 2.05) is 13.0 Å². The van der Waals surface area contributed by atoms with E-state index >= 15 is 0 Å². The summed E-state index contributed by atoms with van der Waals surface area (Å²) in [5, 5.41) is 7.13. The second-order valence-electron chi connectivity index (χ2n) is 10.4. The van der Waals surface area contributed by atoms with Gasteiger partial charge in [0.25, 0.3) is 0 Å². The van der Waals surface area contributed by atoms with Gasteiger partial charge in [-0.25, -0.2) is 4.79 Å². The van der Waals surface area contributed by atoms with E-state index in [9.17, 15) is 18.0 Å². The number of fused-ring (bicyclic) bond motifs is 1. The van der Waals surface area contributed by atoms with Gasteiger partial charge in [-0.15, -0.1) is 10.2 Å². The van der Waals surface area contributed by atoms with Gasteiger partial charge in [0, 0.05) is 35.3 Å². The molecule has 0 saturated heterocycles. The summed E-state index contributed by atoms with van der Waals surface area (Å²) in [6, 6.07) is 3.41. The number of ether oxygens (including phenoxy) is 1. The average Bonchev–Trinajstić information content (AvgIpc) is 3.23. The number of carbonyl (C=O) groups is 1. The molecular formula is C26H33F3N4O3Si. The first-order chi connectivity index (χ1) is 17.1. The maximum atomic E-state index is 13.4. The quantitative estimate of drug-likeness (QED) is 0.202. The van der Waals surface area contributed by atoms with Crippen molar-refractivity contribution in [3.63, 3.8) is 0 Å². The van der Waals surface area contributed by atoms with E-state index in [1.54, 1.807) is 20.0 Å². The van der Waals surface area contributed by atoms with E-state index in [0.29, 0.717) is 28.9 Å². The largest absolute Gasteiger partial charge is 0.463 e. The maximum Gasteiger partial charge on any atom is 0.452 e. The predicted octanol–water partition coefficient (Wildman–Crippen LogP) is 6.28. The molecule has 0 fully saturated rings. The van der Waals surface area contributed by atoms with E-state index in [1.165, 1.54) is 18.3 Å². The van der Waals surface area contributed by atoms with Gasteiger partial charge in [-0.05, 0) is 67.7 Å². The number of aryl methyl sites for hydroxylation is 2. The van der Waals surface area contributed by atoms with E-state index in [2.05, 4.69) is 49.0 Å². The van der Waals surface area contributed by atoms with Gasteiger partial charge >= 0.3 is 12.1 Å². The van der Waals surface area contributed by atoms with Crippen molar-refractivity contribution in [3.05, 3.63) is 64.4 Å². The van der Waals surface area contributed by atoms with Crippen molar-refractivity contribution in [3.8, 4) is 0 Å². The predicted molar refractivity (Wildman–Crippen MR) is 137 cm³/mol. The lowest BCUT2D eigenvalue weighted by molar-refractivity contribution is -0.145. The first-order valence-corrected chi connectivity index (χ1v) is 14.9. The number of hydrogen-bond donors (Lipinski definition) is 0. The fourth-order valence-electron chi connectivity index (χ4n) is 3.53. The average molecular weight is 535 g/mol. The molecule has 0 bridgehead atoms. The molecule has 200 valence electrons. The smallest absolute Gasteiger partial charge is 0.452 e. The monoisotopic (exact) mass is 534 g/mol. The first kappa shape index (κ1) is 28.5. The van der Waals surface area contributed by atoms with Crippen molar-refractivity contribution in [1.82, 2.24) is 19.6 Å². The summed E-state index contributed by atoms with van der Waals surface area (Å²) in [7, 11) is -2.04. The van der Waals surface area contributed by atoms with Gasteiger partial charge in [-0.1, -0.05) is 20.8 Å². The molecule has 3 heterocycles. The summed E-state index contributed by atoms with van der Waals surface area (Å²) in [4.78, 5) is 17.0. The highest BCUT2D eigenvalue weighted by Crippen LogP contribution is 2.37. The Morgan fingerprint density at radius 3 is 2.43 bits per heavy atom. The standard InChI is InChI=1S/C26H33F3N4O3Si/c1-9-35-22(34)13-21(20-10-11-33-23(16(20)2)31-32-24(33)26(27,28)29)18-12-19(17(3)30-14-18)15-36-37(7,8)25(4,5)6/h10-14H,9,15H2,1-8H3/b21-13-. The lowest BCUT2D eigenvalue weighted by atomic mass is 9.94. The zero-order chi connectivity index (χ0) is 27.8. The number of carbonyl (C=O) groups excluding carboxylic acids is 1. The maximum absolute atomic E-state index is 13.4. The van der Waals surface area contributed by atoms with Gasteiger partial charge < -0.3 is 9.16 Å². The van der Waals surface area contributed by atoms with Gasteiger partial charge in [0.2, 0.25) is 5.82 Å². The van der Waals surface area contributed by atoms with Crippen LogP contribution in [-0.2, 0) is 26.7 Å². The SMILES string of the molecule is CCOC(=O)/C=C(/c1cnc(C)c(CO[Si](C)(C)C(C)(C)C)c1)c1ccn2c(C(F)(F)F)nnc2c1C. The van der Waals surface area contributed by atoms with Crippen molar-refractivity contribution in [1.29, 1.82) is 0 Å². The Hall–Kier alpha value is -3.05. The highest BCUT2D eigenvalue weighted by atomic mass is 28.4. The molecule has 0 aliphatic heterocycles. The van der Waals surface area contributed by atoms with Crippen LogP contribution in [0.25, 0.3) is 11.2 Å². The molecule has 11 heteroatoms. The molecule has 0 atom stereocenters. The van der Waals surface area contributed by atoms with Gasteiger partial charge in [0.1, 0.15) is 0 Å². The van der Waals surface area contributed by atoms with E-state index in [-0.39, 0.29) is 17.3 Å². The third kappa shape index (κ3) is 6.10. The third-order valence-electron chi connectivity index (χ3n) is 6.82. The number of rotatable bonds is 7. The molecule has 0 aromatic carbocycles. The van der Waals surface area contributed by atoms with E-state index in [4.69, 9.17) is 9.16 Å². The number of hydrogen-bond acceptors (Lipinski definition) is 6. The number of pyridine rings is 2. The summed E-state index contributed by atoms with van der Waals surface area (Å²) in [6.07, 6.45) is -0.446. The van der Waals surface area contributed by atoms with Crippen LogP contribution < -0.4 is 0 Å². The third-order valence-corrected chi connectivity index (χ3v) is 11.3. The molecule has 0 aliphatic carbocycles. The highest BCUT2D eigenvalue weighted by Gasteiger charge is 2.38. The van der Waals surface area contributed by atoms with Gasteiger partial charge in [0.05, 0.1) is 13.2 Å². The van der Waals surface area contributed by atoms with Crippen LogP contribution in [0.1, 0.15) is 61.5 Å². The van der Waals surface area contributed by atoms with Crippen LogP contribution in [0.3, 0.4) is 0 Å². The number of halogens is 3. The van der Waals surface area contributed by atoms with Crippen LogP contribution in [-0.4, -0.2) is 40.5 Å². The van der Waals surface area contributed by atoms with Crippen LogP contribution >= 0.6 is 0 Å². The summed E-state index contributed by atoms with van der Waals surface area (Å²) < 4.78 is 52.5. The van der Waals surface area contributed by atoms with Crippen LogP contribution in [0.2, 0.25) is 18.1 Å². The lowest BCUT2D eigenvalue weighted by Crippen LogP contribution is -2.40. The van der Waals surface area contributed by atoms with Crippen molar-refractivity contribution < 1.29 is 27.1 Å². The van der Waals surface area contributed by atoms with Gasteiger partial charge in [-0.3, -0.25) is 9.38 Å². The van der Waals surface area contributed by atoms with Crippen molar-refractivity contribution in [2.24, 2.45) is 0 Å². The van der Waals surface area contributed by atoms with Crippen LogP contribution in [0.15, 0.2) is 30.6 Å². The highest BCUT2D eigenvalue weighted by molar-refractivity contribution is 6.74. The minimum atomic E-state index is -4.66. The number of alkyl halides is 3. The topological polar surface area (TPSA) is 78.6 Å². The van der Waals surface area contributed by atoms with Gasteiger partial charge in [-0.2, -0.15) is 13.2 Å². The number of nitrogens with zero attached hydrogens (tertiary/aromatic N) is 4. The summed E-state index contributed by atoms with van der Waals surface area (Å²) in [5.74, 6) is -1.69. The summed E-state index contributed by atoms with van der Waals surface area (Å²) >= 11 is 0. The van der Waals surface area contributed by atoms with Crippen LogP contribution in [0, 0.1) is 13.8 Å². The summed E-state index contributed by atoms with van der Waals surface area (Å²) in [5.41, 5.74) is 3.70. The number of aromatic nitrogens is 4. The fraction of sp³-hybridized carbons (Fsp3) is 0.462. The van der Waals surface area contributed by atoms with E-state index < -0.39 is 26.3 Å². The molecule has 0 unspecified atom stereocenters. The Labute approximate surface area is 215 Å². The Balaban J connectivity index is 2.12. The van der Waals surface area contributed by atoms with Crippen molar-refractivity contribution in [2.45, 2.75) is 72.5 Å².